The smallest absolute Gasteiger partial charge is 0.246 e. The maximum absolute atomic E-state index is 14.0. The zero-order valence-corrected chi connectivity index (χ0v) is 33.9. The molecule has 308 valence electrons. The summed E-state index contributed by atoms with van der Waals surface area (Å²) in [5, 5.41) is 37.6. The number of phenolic OH excluding ortho intramolecular Hbond substituents is 1. The Morgan fingerprint density at radius 3 is 2.40 bits per heavy atom. The molecular formula is C41H51N9O7S. The number of phenols is 1. The van der Waals surface area contributed by atoms with Gasteiger partial charge < -0.3 is 46.4 Å². The highest BCUT2D eigenvalue weighted by atomic mass is 32.1. The van der Waals surface area contributed by atoms with Crippen molar-refractivity contribution in [3.63, 3.8) is 0 Å². The number of aryl methyl sites for hydroxylation is 1. The summed E-state index contributed by atoms with van der Waals surface area (Å²) in [6, 6.07) is 14.4. The number of carbonyl (C=O) groups excluding carboxylic acids is 4. The summed E-state index contributed by atoms with van der Waals surface area (Å²) in [7, 11) is 0. The van der Waals surface area contributed by atoms with E-state index in [2.05, 4.69) is 36.0 Å². The van der Waals surface area contributed by atoms with E-state index >= 15 is 0 Å². The minimum atomic E-state index is -1.04. The van der Waals surface area contributed by atoms with Crippen LogP contribution in [-0.4, -0.2) is 111 Å². The number of carbonyl (C=O) groups is 4. The standard InChI is InChI=1S/C41H51N9O7S/c1-24-36(58-23-44-24)26-11-9-25(10-12-26)19-43-39(55)32-17-28(51)20-50(32)40(56)37(41(2,3)4)46-35(54)22-57-21-34(53)45-27-13-15-49(16-14-27)31-18-30(47-48-38(31)42)29-7-5-6-8-33(29)52/h5-12,18,23,27-28,32,37,51-52H,13-17,19-22H2,1-4H3,(H2,42,48)(H,43,55)(H,45,53)(H,46,54)/t28-,32+,37-/m1/s1. The first kappa shape index (κ1) is 42.0. The van der Waals surface area contributed by atoms with Gasteiger partial charge in [0.1, 0.15) is 31.0 Å². The van der Waals surface area contributed by atoms with Gasteiger partial charge in [-0.05, 0) is 54.5 Å². The van der Waals surface area contributed by atoms with Crippen molar-refractivity contribution in [2.24, 2.45) is 5.41 Å². The molecule has 0 unspecified atom stereocenters. The Hall–Kier alpha value is -5.65. The fourth-order valence-electron chi connectivity index (χ4n) is 7.22. The molecule has 3 atom stereocenters. The summed E-state index contributed by atoms with van der Waals surface area (Å²) >= 11 is 1.56. The number of benzene rings is 2. The molecule has 6 rings (SSSR count). The summed E-state index contributed by atoms with van der Waals surface area (Å²) < 4.78 is 5.45. The molecule has 2 saturated heterocycles. The van der Waals surface area contributed by atoms with E-state index < -0.39 is 47.9 Å². The average molecular weight is 814 g/mol. The third kappa shape index (κ3) is 10.3. The summed E-state index contributed by atoms with van der Waals surface area (Å²) in [6.45, 7) is 7.87. The number of piperidine rings is 1. The number of para-hydroxylation sites is 1. The van der Waals surface area contributed by atoms with Crippen LogP contribution in [0.1, 0.15) is 51.3 Å². The average Bonchev–Trinajstić information content (AvgIpc) is 3.81. The molecular weight excluding hydrogens is 763 g/mol. The Morgan fingerprint density at radius 2 is 1.72 bits per heavy atom. The topological polar surface area (TPSA) is 225 Å². The fraction of sp³-hybridized carbons (Fsp3) is 0.439. The van der Waals surface area contributed by atoms with Crippen LogP contribution in [0, 0.1) is 12.3 Å². The largest absolute Gasteiger partial charge is 0.507 e. The number of ether oxygens (including phenoxy) is 1. The highest BCUT2D eigenvalue weighted by molar-refractivity contribution is 7.13. The summed E-state index contributed by atoms with van der Waals surface area (Å²) in [5.41, 5.74) is 11.8. The fourth-order valence-corrected chi connectivity index (χ4v) is 8.03. The van der Waals surface area contributed by atoms with E-state index in [-0.39, 0.29) is 49.6 Å². The normalized spacial score (nSPS) is 17.8. The van der Waals surface area contributed by atoms with Gasteiger partial charge in [0.05, 0.1) is 33.6 Å². The van der Waals surface area contributed by atoms with Crippen molar-refractivity contribution in [1.82, 2.24) is 36.0 Å². The van der Waals surface area contributed by atoms with E-state index in [1.165, 1.54) is 4.90 Å². The number of likely N-dealkylation sites (tertiary alicyclic amines) is 1. The Morgan fingerprint density at radius 1 is 1.02 bits per heavy atom. The SMILES string of the molecule is Cc1ncsc1-c1ccc(CNC(=O)[C@@H]2C[C@@H](O)CN2C(=O)[C@@H](NC(=O)COCC(=O)NC2CCN(c3cc(-c4ccccc4O)nnc3N)CC2)C(C)(C)C)cc1. The number of rotatable bonds is 13. The van der Waals surface area contributed by atoms with Gasteiger partial charge in [-0.25, -0.2) is 4.98 Å². The van der Waals surface area contributed by atoms with Crippen molar-refractivity contribution in [1.29, 1.82) is 0 Å². The number of aromatic nitrogens is 3. The number of nitrogens with one attached hydrogen (secondary N) is 3. The second kappa shape index (κ2) is 18.3. The summed E-state index contributed by atoms with van der Waals surface area (Å²) in [6.07, 6.45) is 0.417. The molecule has 2 aliphatic rings. The zero-order chi connectivity index (χ0) is 41.6. The van der Waals surface area contributed by atoms with Gasteiger partial charge in [0.15, 0.2) is 5.82 Å². The van der Waals surface area contributed by atoms with Crippen LogP contribution in [0.15, 0.2) is 60.1 Å². The molecule has 17 heteroatoms. The van der Waals surface area contributed by atoms with E-state index in [1.54, 1.807) is 68.0 Å². The van der Waals surface area contributed by atoms with Crippen LogP contribution < -0.4 is 26.6 Å². The Labute approximate surface area is 341 Å². The van der Waals surface area contributed by atoms with E-state index in [0.29, 0.717) is 42.9 Å². The lowest BCUT2D eigenvalue weighted by atomic mass is 9.85. The van der Waals surface area contributed by atoms with Crippen molar-refractivity contribution in [2.75, 3.05) is 43.5 Å². The van der Waals surface area contributed by atoms with Crippen molar-refractivity contribution < 1.29 is 34.1 Å². The number of aromatic hydroxyl groups is 1. The van der Waals surface area contributed by atoms with Crippen molar-refractivity contribution in [2.45, 2.75) is 77.7 Å². The number of hydrogen-bond acceptors (Lipinski definition) is 13. The molecule has 4 amide bonds. The van der Waals surface area contributed by atoms with Crippen LogP contribution in [-0.2, 0) is 30.5 Å². The van der Waals surface area contributed by atoms with Crippen molar-refractivity contribution in [3.05, 3.63) is 71.4 Å². The monoisotopic (exact) mass is 813 g/mol. The summed E-state index contributed by atoms with van der Waals surface area (Å²) in [5.74, 6) is -1.52. The van der Waals surface area contributed by atoms with E-state index in [1.807, 2.05) is 31.2 Å². The number of nitrogens with two attached hydrogens (primary N) is 1. The van der Waals surface area contributed by atoms with Crippen LogP contribution >= 0.6 is 11.3 Å². The van der Waals surface area contributed by atoms with Crippen LogP contribution in [0.3, 0.4) is 0 Å². The van der Waals surface area contributed by atoms with Gasteiger partial charge in [0.25, 0.3) is 0 Å². The van der Waals surface area contributed by atoms with Gasteiger partial charge in [-0.15, -0.1) is 21.5 Å². The number of aliphatic hydroxyl groups is 1. The van der Waals surface area contributed by atoms with Crippen LogP contribution in [0.25, 0.3) is 21.7 Å². The van der Waals surface area contributed by atoms with Crippen molar-refractivity contribution >= 4 is 46.5 Å². The number of anilines is 2. The number of thiazole rings is 1. The predicted molar refractivity (Wildman–Crippen MR) is 219 cm³/mol. The first-order valence-electron chi connectivity index (χ1n) is 19.3. The van der Waals surface area contributed by atoms with Crippen LogP contribution in [0.5, 0.6) is 5.75 Å². The van der Waals surface area contributed by atoms with Gasteiger partial charge in [0, 0.05) is 44.2 Å². The van der Waals surface area contributed by atoms with Crippen LogP contribution in [0.2, 0.25) is 0 Å². The number of hydrogen-bond donors (Lipinski definition) is 6. The van der Waals surface area contributed by atoms with E-state index in [9.17, 15) is 29.4 Å². The second-order valence-electron chi connectivity index (χ2n) is 15.8. The predicted octanol–water partition coefficient (Wildman–Crippen LogP) is 2.77. The maximum Gasteiger partial charge on any atom is 0.246 e. The van der Waals surface area contributed by atoms with Gasteiger partial charge in [-0.1, -0.05) is 57.2 Å². The molecule has 0 bridgehead atoms. The van der Waals surface area contributed by atoms with Crippen molar-refractivity contribution in [3.8, 4) is 27.4 Å². The van der Waals surface area contributed by atoms with E-state index in [4.69, 9.17) is 10.5 Å². The molecule has 4 heterocycles. The minimum absolute atomic E-state index is 0.0516. The lowest BCUT2D eigenvalue weighted by molar-refractivity contribution is -0.145. The van der Waals surface area contributed by atoms with Gasteiger partial charge >= 0.3 is 0 Å². The molecule has 2 aliphatic heterocycles. The highest BCUT2D eigenvalue weighted by Crippen LogP contribution is 2.33. The first-order valence-corrected chi connectivity index (χ1v) is 20.1. The van der Waals surface area contributed by atoms with Gasteiger partial charge in [-0.2, -0.15) is 0 Å². The molecule has 2 aromatic carbocycles. The highest BCUT2D eigenvalue weighted by Gasteiger charge is 2.44. The lowest BCUT2D eigenvalue weighted by Crippen LogP contribution is -2.58. The Kier molecular flexibility index (Phi) is 13.2. The molecule has 0 radical (unpaired) electrons. The van der Waals surface area contributed by atoms with E-state index in [0.717, 1.165) is 21.7 Å². The van der Waals surface area contributed by atoms with Gasteiger partial charge in [-0.3, -0.25) is 19.2 Å². The molecule has 0 saturated carbocycles. The van der Waals surface area contributed by atoms with Gasteiger partial charge in [0.2, 0.25) is 23.6 Å². The summed E-state index contributed by atoms with van der Waals surface area (Å²) in [4.78, 5) is 62.0. The lowest BCUT2D eigenvalue weighted by Gasteiger charge is -2.35. The molecule has 4 aromatic rings. The number of β-amino-alcohol motifs (C(OH)–C–C–N with tert-alkyl or cyclic N) is 1. The first-order chi connectivity index (χ1) is 27.7. The number of nitrogen functional groups attached to an aromatic ring is 1. The second-order valence-corrected chi connectivity index (χ2v) is 16.6. The molecule has 2 aromatic heterocycles. The number of aliphatic hydroxyl groups excluding tert-OH is 1. The zero-order valence-electron chi connectivity index (χ0n) is 33.1. The third-order valence-corrected chi connectivity index (χ3v) is 11.3. The molecule has 58 heavy (non-hydrogen) atoms. The third-order valence-electron chi connectivity index (χ3n) is 10.4. The maximum atomic E-state index is 14.0. The molecule has 7 N–H and O–H groups in total. The number of amides is 4. The van der Waals surface area contributed by atoms with Crippen LogP contribution in [0.4, 0.5) is 11.5 Å². The Balaban J connectivity index is 0.955. The molecule has 2 fully saturated rings. The molecule has 0 spiro atoms. The minimum Gasteiger partial charge on any atom is -0.507 e. The molecule has 16 nitrogen and oxygen atoms in total. The quantitative estimate of drug-likeness (QED) is 0.115. The Bertz CT molecular complexity index is 2100. The number of nitrogens with zero attached hydrogens (tertiary/aromatic N) is 5. The molecule has 0 aliphatic carbocycles.